The van der Waals surface area contributed by atoms with Gasteiger partial charge in [0.25, 0.3) is 0 Å². The highest BCUT2D eigenvalue weighted by atomic mass is 16.3. The molecule has 0 fully saturated rings. The van der Waals surface area contributed by atoms with Crippen LogP contribution in [0.5, 0.6) is 0 Å². The predicted molar refractivity (Wildman–Crippen MR) is 76.0 cm³/mol. The smallest absolute Gasteiger partial charge is 0.226 e. The van der Waals surface area contributed by atoms with Crippen LogP contribution in [0.1, 0.15) is 11.3 Å². The van der Waals surface area contributed by atoms with Crippen LogP contribution in [-0.4, -0.2) is 15.0 Å². The van der Waals surface area contributed by atoms with Crippen LogP contribution in [0.3, 0.4) is 0 Å². The summed E-state index contributed by atoms with van der Waals surface area (Å²) in [6, 6.07) is 9.80. The van der Waals surface area contributed by atoms with Crippen LogP contribution in [0.15, 0.2) is 53.4 Å². The Balaban J connectivity index is 1.67. The lowest BCUT2D eigenvalue weighted by molar-refractivity contribution is 0.573. The Bertz CT molecular complexity index is 677. The first-order chi connectivity index (χ1) is 9.81. The second-order valence-electron chi connectivity index (χ2n) is 4.45. The first-order valence-electron chi connectivity index (χ1n) is 6.33. The summed E-state index contributed by atoms with van der Waals surface area (Å²) in [6.45, 7) is 2.48. The first-order valence-corrected chi connectivity index (χ1v) is 6.33. The van der Waals surface area contributed by atoms with E-state index in [9.17, 15) is 0 Å². The SMILES string of the molecule is Cc1cnc(NCc2coc(-c3ccccc3)n2)nc1. The molecule has 0 saturated heterocycles. The summed E-state index contributed by atoms with van der Waals surface area (Å²) < 4.78 is 5.47. The van der Waals surface area contributed by atoms with Crippen molar-refractivity contribution in [2.24, 2.45) is 0 Å². The van der Waals surface area contributed by atoms with Gasteiger partial charge in [-0.15, -0.1) is 0 Å². The summed E-state index contributed by atoms with van der Waals surface area (Å²) in [5.41, 5.74) is 2.81. The normalized spacial score (nSPS) is 10.4. The van der Waals surface area contributed by atoms with E-state index in [0.717, 1.165) is 16.8 Å². The fourth-order valence-electron chi connectivity index (χ4n) is 1.75. The molecule has 0 amide bonds. The first kappa shape index (κ1) is 12.3. The fraction of sp³-hybridized carbons (Fsp3) is 0.133. The van der Waals surface area contributed by atoms with E-state index in [2.05, 4.69) is 20.3 Å². The molecular formula is C15H14N4O. The summed E-state index contributed by atoms with van der Waals surface area (Å²) >= 11 is 0. The standard InChI is InChI=1S/C15H14N4O/c1-11-7-16-15(17-8-11)18-9-13-10-20-14(19-13)12-5-3-2-4-6-12/h2-8,10H,9H2,1H3,(H,16,17,18). The number of benzene rings is 1. The number of hydrogen-bond donors (Lipinski definition) is 1. The largest absolute Gasteiger partial charge is 0.444 e. The van der Waals surface area contributed by atoms with Crippen molar-refractivity contribution >= 4 is 5.95 Å². The molecule has 2 aromatic heterocycles. The van der Waals surface area contributed by atoms with Crippen molar-refractivity contribution in [3.8, 4) is 11.5 Å². The number of anilines is 1. The molecule has 1 aromatic carbocycles. The number of aryl methyl sites for hydroxylation is 1. The topological polar surface area (TPSA) is 63.8 Å². The molecule has 0 saturated carbocycles. The van der Waals surface area contributed by atoms with Gasteiger partial charge < -0.3 is 9.73 Å². The quantitative estimate of drug-likeness (QED) is 0.786. The molecule has 20 heavy (non-hydrogen) atoms. The zero-order valence-electron chi connectivity index (χ0n) is 11.1. The maximum Gasteiger partial charge on any atom is 0.226 e. The van der Waals surface area contributed by atoms with Crippen LogP contribution >= 0.6 is 0 Å². The van der Waals surface area contributed by atoms with E-state index in [0.29, 0.717) is 18.4 Å². The molecule has 0 atom stereocenters. The third-order valence-corrected chi connectivity index (χ3v) is 2.78. The van der Waals surface area contributed by atoms with Gasteiger partial charge >= 0.3 is 0 Å². The minimum Gasteiger partial charge on any atom is -0.444 e. The molecule has 1 N–H and O–H groups in total. The van der Waals surface area contributed by atoms with Crippen molar-refractivity contribution in [3.63, 3.8) is 0 Å². The average molecular weight is 266 g/mol. The number of hydrogen-bond acceptors (Lipinski definition) is 5. The van der Waals surface area contributed by atoms with Gasteiger partial charge in [-0.25, -0.2) is 15.0 Å². The van der Waals surface area contributed by atoms with Crippen molar-refractivity contribution in [3.05, 3.63) is 60.2 Å². The number of aromatic nitrogens is 3. The Morgan fingerprint density at radius 2 is 1.85 bits per heavy atom. The van der Waals surface area contributed by atoms with Crippen LogP contribution in [0.4, 0.5) is 5.95 Å². The van der Waals surface area contributed by atoms with Gasteiger partial charge in [0.15, 0.2) is 0 Å². The molecule has 5 heteroatoms. The molecule has 3 rings (SSSR count). The van der Waals surface area contributed by atoms with Gasteiger partial charge in [-0.3, -0.25) is 0 Å². The Labute approximate surface area is 116 Å². The maximum atomic E-state index is 5.47. The number of nitrogens with zero attached hydrogens (tertiary/aromatic N) is 3. The van der Waals surface area contributed by atoms with Crippen molar-refractivity contribution in [2.45, 2.75) is 13.5 Å². The fourth-order valence-corrected chi connectivity index (χ4v) is 1.75. The van der Waals surface area contributed by atoms with Crippen LogP contribution in [0.2, 0.25) is 0 Å². The Kier molecular flexibility index (Phi) is 3.41. The molecule has 0 aliphatic carbocycles. The molecule has 3 aromatic rings. The Morgan fingerprint density at radius 1 is 1.10 bits per heavy atom. The molecule has 100 valence electrons. The average Bonchev–Trinajstić information content (AvgIpc) is 2.97. The predicted octanol–water partition coefficient (Wildman–Crippen LogP) is 3.05. The lowest BCUT2D eigenvalue weighted by atomic mass is 10.2. The maximum absolute atomic E-state index is 5.47. The summed E-state index contributed by atoms with van der Waals surface area (Å²) in [6.07, 6.45) is 5.19. The van der Waals surface area contributed by atoms with E-state index in [1.54, 1.807) is 18.7 Å². The van der Waals surface area contributed by atoms with Crippen LogP contribution in [0, 0.1) is 6.92 Å². The molecule has 0 bridgehead atoms. The van der Waals surface area contributed by atoms with E-state index in [1.807, 2.05) is 37.3 Å². The monoisotopic (exact) mass is 266 g/mol. The number of rotatable bonds is 4. The van der Waals surface area contributed by atoms with E-state index in [1.165, 1.54) is 0 Å². The third kappa shape index (κ3) is 2.83. The molecule has 0 unspecified atom stereocenters. The highest BCUT2D eigenvalue weighted by Crippen LogP contribution is 2.18. The molecular weight excluding hydrogens is 252 g/mol. The second kappa shape index (κ2) is 5.52. The van der Waals surface area contributed by atoms with Gasteiger partial charge in [0.05, 0.1) is 12.2 Å². The number of nitrogens with one attached hydrogen (secondary N) is 1. The summed E-state index contributed by atoms with van der Waals surface area (Å²) in [5, 5.41) is 3.11. The molecule has 2 heterocycles. The van der Waals surface area contributed by atoms with Gasteiger partial charge in [-0.2, -0.15) is 0 Å². The molecule has 5 nitrogen and oxygen atoms in total. The third-order valence-electron chi connectivity index (χ3n) is 2.78. The van der Waals surface area contributed by atoms with Gasteiger partial charge in [-0.1, -0.05) is 18.2 Å². The van der Waals surface area contributed by atoms with Gasteiger partial charge in [0.2, 0.25) is 11.8 Å². The summed E-state index contributed by atoms with van der Waals surface area (Å²) in [7, 11) is 0. The minimum absolute atomic E-state index is 0.527. The van der Waals surface area contributed by atoms with Gasteiger partial charge in [0, 0.05) is 18.0 Å². The van der Waals surface area contributed by atoms with Crippen LogP contribution < -0.4 is 5.32 Å². The zero-order chi connectivity index (χ0) is 13.8. The van der Waals surface area contributed by atoms with Crippen LogP contribution in [-0.2, 0) is 6.54 Å². The van der Waals surface area contributed by atoms with E-state index >= 15 is 0 Å². The van der Waals surface area contributed by atoms with Crippen molar-refractivity contribution in [1.82, 2.24) is 15.0 Å². The van der Waals surface area contributed by atoms with E-state index in [4.69, 9.17) is 4.42 Å². The number of oxazole rings is 1. The Morgan fingerprint density at radius 3 is 2.60 bits per heavy atom. The zero-order valence-corrected chi connectivity index (χ0v) is 11.1. The highest BCUT2D eigenvalue weighted by molar-refractivity contribution is 5.52. The molecule has 0 aliphatic rings. The molecule has 0 radical (unpaired) electrons. The van der Waals surface area contributed by atoms with Crippen LogP contribution in [0.25, 0.3) is 11.5 Å². The lowest BCUT2D eigenvalue weighted by Gasteiger charge is -2.01. The van der Waals surface area contributed by atoms with Gasteiger partial charge in [0.1, 0.15) is 6.26 Å². The van der Waals surface area contributed by atoms with E-state index < -0.39 is 0 Å². The summed E-state index contributed by atoms with van der Waals surface area (Å²) in [4.78, 5) is 12.8. The second-order valence-corrected chi connectivity index (χ2v) is 4.45. The summed E-state index contributed by atoms with van der Waals surface area (Å²) in [5.74, 6) is 1.20. The van der Waals surface area contributed by atoms with Crippen molar-refractivity contribution in [2.75, 3.05) is 5.32 Å². The highest BCUT2D eigenvalue weighted by Gasteiger charge is 2.06. The van der Waals surface area contributed by atoms with Crippen molar-refractivity contribution < 1.29 is 4.42 Å². The lowest BCUT2D eigenvalue weighted by Crippen LogP contribution is -2.03. The molecule has 0 spiro atoms. The van der Waals surface area contributed by atoms with E-state index in [-0.39, 0.29) is 0 Å². The molecule has 0 aliphatic heterocycles. The minimum atomic E-state index is 0.527. The van der Waals surface area contributed by atoms with Gasteiger partial charge in [-0.05, 0) is 24.6 Å². The van der Waals surface area contributed by atoms with Crippen molar-refractivity contribution in [1.29, 1.82) is 0 Å². The Hall–Kier alpha value is -2.69.